The van der Waals surface area contributed by atoms with Gasteiger partial charge in [-0.2, -0.15) is 0 Å². The molecule has 0 N–H and O–H groups in total. The number of benzene rings is 1. The van der Waals surface area contributed by atoms with E-state index in [1.165, 1.54) is 11.8 Å². The normalized spacial score (nSPS) is 9.85. The summed E-state index contributed by atoms with van der Waals surface area (Å²) < 4.78 is 0. The van der Waals surface area contributed by atoms with Gasteiger partial charge in [-0.15, -0.1) is 0 Å². The Balaban J connectivity index is 2.16. The van der Waals surface area contributed by atoms with Crippen LogP contribution in [0, 0.1) is 6.07 Å². The second-order valence-corrected chi connectivity index (χ2v) is 3.37. The molecule has 0 bridgehead atoms. The highest BCUT2D eigenvalue weighted by molar-refractivity contribution is 7.99. The average Bonchev–Trinajstić information content (AvgIpc) is 2.21. The van der Waals surface area contributed by atoms with E-state index in [-0.39, 0.29) is 0 Å². The molecular weight excluding hydrogens is 180 g/mol. The fourth-order valence-electron chi connectivity index (χ4n) is 0.877. The first-order valence-corrected chi connectivity index (χ1v) is 4.68. The van der Waals surface area contributed by atoms with Gasteiger partial charge in [0.05, 0.1) is 0 Å². The third-order valence-corrected chi connectivity index (χ3v) is 2.29. The van der Waals surface area contributed by atoms with E-state index in [2.05, 4.69) is 16.0 Å². The molecule has 1 heterocycles. The zero-order valence-corrected chi connectivity index (χ0v) is 7.66. The molecule has 2 nitrogen and oxygen atoms in total. The molecule has 0 aliphatic heterocycles. The van der Waals surface area contributed by atoms with Gasteiger partial charge in [0.25, 0.3) is 0 Å². The van der Waals surface area contributed by atoms with Gasteiger partial charge in [0, 0.05) is 17.3 Å². The topological polar surface area (TPSA) is 25.8 Å². The van der Waals surface area contributed by atoms with E-state index in [4.69, 9.17) is 0 Å². The molecule has 1 radical (unpaired) electrons. The van der Waals surface area contributed by atoms with E-state index >= 15 is 0 Å². The van der Waals surface area contributed by atoms with Crippen LogP contribution in [0.5, 0.6) is 0 Å². The van der Waals surface area contributed by atoms with Crippen molar-refractivity contribution in [3.8, 4) is 0 Å². The molecule has 0 aliphatic rings. The van der Waals surface area contributed by atoms with Gasteiger partial charge in [-0.3, -0.25) is 0 Å². The summed E-state index contributed by atoms with van der Waals surface area (Å²) in [7, 11) is 0. The van der Waals surface area contributed by atoms with Gasteiger partial charge in [0.15, 0.2) is 5.16 Å². The Morgan fingerprint density at radius 2 is 1.92 bits per heavy atom. The van der Waals surface area contributed by atoms with Crippen molar-refractivity contribution in [3.05, 3.63) is 48.8 Å². The van der Waals surface area contributed by atoms with Crippen molar-refractivity contribution < 1.29 is 0 Å². The average molecular weight is 187 g/mol. The predicted molar refractivity (Wildman–Crippen MR) is 51.4 cm³/mol. The smallest absolute Gasteiger partial charge is 0.192 e. The van der Waals surface area contributed by atoms with Crippen LogP contribution in [0.25, 0.3) is 0 Å². The highest BCUT2D eigenvalue weighted by atomic mass is 32.2. The molecule has 0 saturated carbocycles. The maximum atomic E-state index is 4.11. The van der Waals surface area contributed by atoms with Crippen LogP contribution in [0.4, 0.5) is 0 Å². The quantitative estimate of drug-likeness (QED) is 0.675. The van der Waals surface area contributed by atoms with Gasteiger partial charge < -0.3 is 0 Å². The second kappa shape index (κ2) is 4.05. The summed E-state index contributed by atoms with van der Waals surface area (Å²) in [5.74, 6) is 0. The summed E-state index contributed by atoms with van der Waals surface area (Å²) in [4.78, 5) is 9.25. The first-order chi connectivity index (χ1) is 6.45. The van der Waals surface area contributed by atoms with E-state index in [0.29, 0.717) is 0 Å². The predicted octanol–water partition coefficient (Wildman–Crippen LogP) is 2.43. The fraction of sp³-hybridized carbons (Fsp3) is 0. The summed E-state index contributed by atoms with van der Waals surface area (Å²) in [6.45, 7) is 0. The maximum absolute atomic E-state index is 4.11. The summed E-state index contributed by atoms with van der Waals surface area (Å²) >= 11 is 1.51. The third kappa shape index (κ3) is 2.29. The monoisotopic (exact) mass is 187 g/mol. The van der Waals surface area contributed by atoms with Crippen LogP contribution in [0.1, 0.15) is 0 Å². The third-order valence-electron chi connectivity index (χ3n) is 1.42. The van der Waals surface area contributed by atoms with Crippen molar-refractivity contribution in [3.63, 3.8) is 0 Å². The second-order valence-electron chi connectivity index (χ2n) is 2.36. The molecule has 63 valence electrons. The number of aromatic nitrogens is 2. The molecule has 0 amide bonds. The molecular formula is C10H7N2S. The lowest BCUT2D eigenvalue weighted by Gasteiger charge is -1.96. The lowest BCUT2D eigenvalue weighted by atomic mass is 10.4. The van der Waals surface area contributed by atoms with E-state index < -0.39 is 0 Å². The molecule has 0 aliphatic carbocycles. The SMILES string of the molecule is [c]1ccccc1Sc1ncccn1. The maximum Gasteiger partial charge on any atom is 0.192 e. The van der Waals surface area contributed by atoms with Gasteiger partial charge in [0.2, 0.25) is 0 Å². The summed E-state index contributed by atoms with van der Waals surface area (Å²) in [5.41, 5.74) is 0. The van der Waals surface area contributed by atoms with Gasteiger partial charge in [-0.1, -0.05) is 18.2 Å². The van der Waals surface area contributed by atoms with Gasteiger partial charge in [-0.25, -0.2) is 9.97 Å². The van der Waals surface area contributed by atoms with Crippen LogP contribution in [-0.4, -0.2) is 9.97 Å². The first-order valence-electron chi connectivity index (χ1n) is 3.87. The lowest BCUT2D eigenvalue weighted by Crippen LogP contribution is -1.82. The summed E-state index contributed by atoms with van der Waals surface area (Å²) in [6.07, 6.45) is 3.47. The van der Waals surface area contributed by atoms with Crippen LogP contribution >= 0.6 is 11.8 Å². The Hall–Kier alpha value is -1.35. The summed E-state index contributed by atoms with van der Waals surface area (Å²) in [5, 5.41) is 0.755. The fourth-order valence-corrected chi connectivity index (χ4v) is 1.57. The number of hydrogen-bond donors (Lipinski definition) is 0. The highest BCUT2D eigenvalue weighted by Gasteiger charge is 1.96. The minimum Gasteiger partial charge on any atom is -0.231 e. The van der Waals surface area contributed by atoms with Gasteiger partial charge in [-0.05, 0) is 30.0 Å². The van der Waals surface area contributed by atoms with Crippen molar-refractivity contribution >= 4 is 11.8 Å². The molecule has 0 atom stereocenters. The van der Waals surface area contributed by atoms with Crippen LogP contribution in [0.2, 0.25) is 0 Å². The van der Waals surface area contributed by atoms with Crippen LogP contribution in [0.15, 0.2) is 52.8 Å². The Morgan fingerprint density at radius 1 is 1.08 bits per heavy atom. The Kier molecular flexibility index (Phi) is 2.57. The number of nitrogens with zero attached hydrogens (tertiary/aromatic N) is 2. The van der Waals surface area contributed by atoms with E-state index in [0.717, 1.165) is 10.1 Å². The largest absolute Gasteiger partial charge is 0.231 e. The van der Waals surface area contributed by atoms with Gasteiger partial charge >= 0.3 is 0 Å². The molecule has 1 aromatic heterocycles. The number of hydrogen-bond acceptors (Lipinski definition) is 3. The van der Waals surface area contributed by atoms with Crippen LogP contribution < -0.4 is 0 Å². The van der Waals surface area contributed by atoms with E-state index in [1.54, 1.807) is 18.5 Å². The first kappa shape index (κ1) is 8.26. The molecule has 2 rings (SSSR count). The van der Waals surface area contributed by atoms with Crippen LogP contribution in [-0.2, 0) is 0 Å². The van der Waals surface area contributed by atoms with Crippen molar-refractivity contribution in [2.24, 2.45) is 0 Å². The highest BCUT2D eigenvalue weighted by Crippen LogP contribution is 2.22. The molecule has 2 aromatic rings. The zero-order valence-electron chi connectivity index (χ0n) is 6.84. The van der Waals surface area contributed by atoms with Crippen molar-refractivity contribution in [2.45, 2.75) is 10.1 Å². The molecule has 1 aromatic carbocycles. The van der Waals surface area contributed by atoms with Crippen molar-refractivity contribution in [1.29, 1.82) is 0 Å². The Labute approximate surface area is 81.1 Å². The number of rotatable bonds is 2. The van der Waals surface area contributed by atoms with Crippen LogP contribution in [0.3, 0.4) is 0 Å². The molecule has 0 spiro atoms. The minimum atomic E-state index is 0.755. The van der Waals surface area contributed by atoms with Gasteiger partial charge in [0.1, 0.15) is 0 Å². The van der Waals surface area contributed by atoms with Crippen molar-refractivity contribution in [1.82, 2.24) is 9.97 Å². The summed E-state index contributed by atoms with van der Waals surface area (Å²) in [6, 6.07) is 12.7. The lowest BCUT2D eigenvalue weighted by molar-refractivity contribution is 0.967. The molecule has 0 saturated heterocycles. The molecule has 13 heavy (non-hydrogen) atoms. The molecule has 0 unspecified atom stereocenters. The minimum absolute atomic E-state index is 0.755. The zero-order chi connectivity index (χ0) is 8.93. The Bertz CT molecular complexity index is 324. The molecule has 0 fully saturated rings. The standard InChI is InChI=1S/C10H7N2S/c1-2-5-9(6-3-1)13-10-11-7-4-8-12-10/h1-5,7-8H. The van der Waals surface area contributed by atoms with Crippen molar-refractivity contribution in [2.75, 3.05) is 0 Å². The Morgan fingerprint density at radius 3 is 2.62 bits per heavy atom. The van der Waals surface area contributed by atoms with E-state index in [9.17, 15) is 0 Å². The molecule has 3 heteroatoms. The van der Waals surface area contributed by atoms with E-state index in [1.807, 2.05) is 24.3 Å².